The highest BCUT2D eigenvalue weighted by molar-refractivity contribution is 5.68. The molecule has 1 heterocycles. The van der Waals surface area contributed by atoms with Crippen molar-refractivity contribution in [2.75, 3.05) is 20.2 Å². The van der Waals surface area contributed by atoms with E-state index in [9.17, 15) is 4.79 Å². The molecule has 2 N–H and O–H groups in total. The lowest BCUT2D eigenvalue weighted by Gasteiger charge is -2.36. The lowest BCUT2D eigenvalue weighted by Crippen LogP contribution is -2.42. The molecular formula is C19H30N2O3. The number of benzene rings is 1. The lowest BCUT2D eigenvalue weighted by atomic mass is 9.87. The van der Waals surface area contributed by atoms with Gasteiger partial charge in [-0.1, -0.05) is 24.3 Å². The lowest BCUT2D eigenvalue weighted by molar-refractivity contribution is -0.00232. The molecular weight excluding hydrogens is 304 g/mol. The summed E-state index contributed by atoms with van der Waals surface area (Å²) >= 11 is 0. The molecule has 1 fully saturated rings. The van der Waals surface area contributed by atoms with Gasteiger partial charge in [-0.15, -0.1) is 0 Å². The van der Waals surface area contributed by atoms with Crippen LogP contribution < -0.4 is 5.73 Å². The van der Waals surface area contributed by atoms with Gasteiger partial charge < -0.3 is 20.1 Å². The Kier molecular flexibility index (Phi) is 6.24. The highest BCUT2D eigenvalue weighted by atomic mass is 16.6. The first kappa shape index (κ1) is 18.7. The van der Waals surface area contributed by atoms with Gasteiger partial charge in [0, 0.05) is 26.7 Å². The molecule has 0 spiro atoms. The number of likely N-dealkylation sites (tertiary alicyclic amines) is 1. The van der Waals surface area contributed by atoms with E-state index in [1.54, 1.807) is 12.0 Å². The van der Waals surface area contributed by atoms with Crippen molar-refractivity contribution in [3.8, 4) is 0 Å². The minimum Gasteiger partial charge on any atom is -0.444 e. The normalized spacial score (nSPS) is 17.6. The fraction of sp³-hybridized carbons (Fsp3) is 0.632. The Morgan fingerprint density at radius 2 is 1.83 bits per heavy atom. The van der Waals surface area contributed by atoms with Gasteiger partial charge in [0.15, 0.2) is 0 Å². The van der Waals surface area contributed by atoms with Crippen LogP contribution in [-0.2, 0) is 16.0 Å². The van der Waals surface area contributed by atoms with E-state index in [2.05, 4.69) is 24.3 Å². The summed E-state index contributed by atoms with van der Waals surface area (Å²) in [6.07, 6.45) is 1.66. The summed E-state index contributed by atoms with van der Waals surface area (Å²) in [6, 6.07) is 8.29. The molecule has 24 heavy (non-hydrogen) atoms. The summed E-state index contributed by atoms with van der Waals surface area (Å²) in [5.41, 5.74) is 7.50. The van der Waals surface area contributed by atoms with E-state index in [4.69, 9.17) is 15.2 Å². The number of nitrogens with two attached hydrogens (primary N) is 1. The van der Waals surface area contributed by atoms with Gasteiger partial charge >= 0.3 is 6.09 Å². The number of ether oxygens (including phenoxy) is 2. The highest BCUT2D eigenvalue weighted by Gasteiger charge is 2.31. The van der Waals surface area contributed by atoms with Crippen molar-refractivity contribution in [3.05, 3.63) is 35.4 Å². The third-order valence-electron chi connectivity index (χ3n) is 4.42. The van der Waals surface area contributed by atoms with Crippen molar-refractivity contribution >= 4 is 6.09 Å². The van der Waals surface area contributed by atoms with Crippen LogP contribution in [0.15, 0.2) is 24.3 Å². The maximum absolute atomic E-state index is 12.2. The molecule has 1 aromatic rings. The Bertz CT molecular complexity index is 529. The number of carbonyl (C=O) groups excluding carboxylic acids is 1. The number of rotatable bonds is 4. The van der Waals surface area contributed by atoms with Crippen LogP contribution in [0.2, 0.25) is 0 Å². The second kappa shape index (κ2) is 7.99. The minimum absolute atomic E-state index is 0.0533. The number of carbonyl (C=O) groups is 1. The summed E-state index contributed by atoms with van der Waals surface area (Å²) in [4.78, 5) is 14.0. The summed E-state index contributed by atoms with van der Waals surface area (Å²) in [6.45, 7) is 7.64. The van der Waals surface area contributed by atoms with E-state index in [1.807, 2.05) is 20.8 Å². The highest BCUT2D eigenvalue weighted by Crippen LogP contribution is 2.33. The quantitative estimate of drug-likeness (QED) is 0.915. The molecule has 1 atom stereocenters. The molecule has 0 aliphatic carbocycles. The maximum Gasteiger partial charge on any atom is 0.410 e. The van der Waals surface area contributed by atoms with E-state index in [0.29, 0.717) is 25.6 Å². The zero-order valence-corrected chi connectivity index (χ0v) is 15.2. The Morgan fingerprint density at radius 3 is 2.29 bits per heavy atom. The van der Waals surface area contributed by atoms with Crippen molar-refractivity contribution in [2.24, 2.45) is 11.7 Å². The van der Waals surface area contributed by atoms with Crippen LogP contribution in [-0.4, -0.2) is 36.8 Å². The second-order valence-corrected chi connectivity index (χ2v) is 7.41. The van der Waals surface area contributed by atoms with Gasteiger partial charge in [0.05, 0.1) is 6.10 Å². The largest absolute Gasteiger partial charge is 0.444 e. The first-order chi connectivity index (χ1) is 11.3. The second-order valence-electron chi connectivity index (χ2n) is 7.41. The van der Waals surface area contributed by atoms with Crippen LogP contribution in [0.5, 0.6) is 0 Å². The molecule has 5 nitrogen and oxygen atoms in total. The molecule has 2 rings (SSSR count). The molecule has 0 aromatic heterocycles. The van der Waals surface area contributed by atoms with E-state index >= 15 is 0 Å². The molecule has 1 unspecified atom stereocenters. The standard InChI is InChI=1S/C19H30N2O3/c1-19(2,3)24-18(22)21-11-9-16(10-12-21)17(23-4)15-7-5-14(13-20)6-8-15/h5-8,16-17H,9-13,20H2,1-4H3. The first-order valence-corrected chi connectivity index (χ1v) is 8.63. The molecule has 1 aliphatic rings. The van der Waals surface area contributed by atoms with Gasteiger partial charge in [-0.25, -0.2) is 4.79 Å². The SMILES string of the molecule is COC(c1ccc(CN)cc1)C1CCN(C(=O)OC(C)(C)C)CC1. The summed E-state index contributed by atoms with van der Waals surface area (Å²) < 4.78 is 11.2. The van der Waals surface area contributed by atoms with Gasteiger partial charge in [0.2, 0.25) is 0 Å². The Balaban J connectivity index is 1.95. The van der Waals surface area contributed by atoms with Crippen LogP contribution in [0.3, 0.4) is 0 Å². The van der Waals surface area contributed by atoms with E-state index in [-0.39, 0.29) is 12.2 Å². The van der Waals surface area contributed by atoms with E-state index in [1.165, 1.54) is 5.56 Å². The minimum atomic E-state index is -0.451. The van der Waals surface area contributed by atoms with Crippen LogP contribution >= 0.6 is 0 Å². The Labute approximate surface area is 145 Å². The molecule has 0 radical (unpaired) electrons. The van der Waals surface area contributed by atoms with Crippen molar-refractivity contribution in [2.45, 2.75) is 51.9 Å². The van der Waals surface area contributed by atoms with Crippen LogP contribution in [0.25, 0.3) is 0 Å². The number of nitrogens with zero attached hydrogens (tertiary/aromatic N) is 1. The van der Waals surface area contributed by atoms with Crippen molar-refractivity contribution in [1.29, 1.82) is 0 Å². The summed E-state index contributed by atoms with van der Waals surface area (Å²) in [7, 11) is 1.75. The smallest absolute Gasteiger partial charge is 0.410 e. The number of piperidine rings is 1. The molecule has 1 aromatic carbocycles. The van der Waals surface area contributed by atoms with Crippen molar-refractivity contribution in [1.82, 2.24) is 4.90 Å². The van der Waals surface area contributed by atoms with Gasteiger partial charge in [-0.05, 0) is 50.7 Å². The predicted molar refractivity (Wildman–Crippen MR) is 94.6 cm³/mol. The first-order valence-electron chi connectivity index (χ1n) is 8.63. The third kappa shape index (κ3) is 4.95. The zero-order valence-electron chi connectivity index (χ0n) is 15.2. The van der Waals surface area contributed by atoms with E-state index in [0.717, 1.165) is 18.4 Å². The molecule has 134 valence electrons. The maximum atomic E-state index is 12.2. The molecule has 1 saturated heterocycles. The van der Waals surface area contributed by atoms with Gasteiger partial charge in [0.1, 0.15) is 5.60 Å². The van der Waals surface area contributed by atoms with Gasteiger partial charge in [-0.3, -0.25) is 0 Å². The summed E-state index contributed by atoms with van der Waals surface area (Å²) in [5.74, 6) is 0.400. The average molecular weight is 334 g/mol. The van der Waals surface area contributed by atoms with Crippen LogP contribution in [0.4, 0.5) is 4.79 Å². The molecule has 0 bridgehead atoms. The van der Waals surface area contributed by atoms with Crippen LogP contribution in [0, 0.1) is 5.92 Å². The number of hydrogen-bond acceptors (Lipinski definition) is 4. The molecule has 1 amide bonds. The topological polar surface area (TPSA) is 64.8 Å². The van der Waals surface area contributed by atoms with Gasteiger partial charge in [-0.2, -0.15) is 0 Å². The van der Waals surface area contributed by atoms with Crippen molar-refractivity contribution in [3.63, 3.8) is 0 Å². The van der Waals surface area contributed by atoms with Crippen LogP contribution in [0.1, 0.15) is 50.8 Å². The number of amides is 1. The molecule has 0 saturated carbocycles. The fourth-order valence-corrected chi connectivity index (χ4v) is 3.16. The average Bonchev–Trinajstić information content (AvgIpc) is 2.55. The monoisotopic (exact) mass is 334 g/mol. The molecule has 1 aliphatic heterocycles. The Hall–Kier alpha value is -1.59. The zero-order chi connectivity index (χ0) is 17.7. The summed E-state index contributed by atoms with van der Waals surface area (Å²) in [5, 5.41) is 0. The van der Waals surface area contributed by atoms with Crippen molar-refractivity contribution < 1.29 is 14.3 Å². The number of methoxy groups -OCH3 is 1. The fourth-order valence-electron chi connectivity index (χ4n) is 3.16. The molecule has 5 heteroatoms. The van der Waals surface area contributed by atoms with Gasteiger partial charge in [0.25, 0.3) is 0 Å². The van der Waals surface area contributed by atoms with E-state index < -0.39 is 5.60 Å². The third-order valence-corrected chi connectivity index (χ3v) is 4.42. The Morgan fingerprint density at radius 1 is 1.25 bits per heavy atom. The predicted octanol–water partition coefficient (Wildman–Crippen LogP) is 3.48. The number of hydrogen-bond donors (Lipinski definition) is 1.